The van der Waals surface area contributed by atoms with Crippen molar-refractivity contribution in [1.29, 1.82) is 0 Å². The van der Waals surface area contributed by atoms with Crippen LogP contribution in [0.3, 0.4) is 0 Å². The highest BCUT2D eigenvalue weighted by molar-refractivity contribution is 5.91. The van der Waals surface area contributed by atoms with Gasteiger partial charge < -0.3 is 14.8 Å². The zero-order valence-electron chi connectivity index (χ0n) is 14.8. The maximum absolute atomic E-state index is 12.0. The van der Waals surface area contributed by atoms with Gasteiger partial charge in [0.15, 0.2) is 6.61 Å². The first-order valence-corrected chi connectivity index (χ1v) is 8.14. The molecule has 0 unspecified atom stereocenters. The van der Waals surface area contributed by atoms with Crippen LogP contribution in [0, 0.1) is 0 Å². The lowest BCUT2D eigenvalue weighted by Crippen LogP contribution is -2.20. The van der Waals surface area contributed by atoms with Gasteiger partial charge in [0.2, 0.25) is 0 Å². The van der Waals surface area contributed by atoms with E-state index in [1.54, 1.807) is 12.1 Å². The number of carbonyl (C=O) groups excluding carboxylic acids is 1. The maximum atomic E-state index is 12.0. The number of ether oxygens (including phenoxy) is 2. The Morgan fingerprint density at radius 1 is 0.917 bits per heavy atom. The van der Waals surface area contributed by atoms with Gasteiger partial charge in [-0.05, 0) is 54.3 Å². The topological polar surface area (TPSA) is 47.6 Å². The summed E-state index contributed by atoms with van der Waals surface area (Å²) in [5.74, 6) is 1.27. The van der Waals surface area contributed by atoms with Crippen LogP contribution in [0.2, 0.25) is 0 Å². The lowest BCUT2D eigenvalue weighted by molar-refractivity contribution is -0.118. The highest BCUT2D eigenvalue weighted by Gasteiger charge is 2.13. The Morgan fingerprint density at radius 2 is 1.46 bits per heavy atom. The summed E-state index contributed by atoms with van der Waals surface area (Å²) < 4.78 is 10.9. The third kappa shape index (κ3) is 5.30. The first kappa shape index (κ1) is 17.9. The van der Waals surface area contributed by atoms with Crippen molar-refractivity contribution in [2.45, 2.75) is 33.1 Å². The zero-order valence-corrected chi connectivity index (χ0v) is 14.8. The Labute approximate surface area is 143 Å². The Morgan fingerprint density at radius 3 is 2.00 bits per heavy atom. The predicted octanol–water partition coefficient (Wildman–Crippen LogP) is 4.40. The number of benzene rings is 2. The molecule has 128 valence electrons. The fraction of sp³-hybridized carbons (Fsp3) is 0.350. The van der Waals surface area contributed by atoms with Crippen LogP contribution in [0.4, 0.5) is 5.69 Å². The molecule has 0 aliphatic carbocycles. The van der Waals surface area contributed by atoms with E-state index in [0.29, 0.717) is 12.4 Å². The highest BCUT2D eigenvalue weighted by Crippen LogP contribution is 2.24. The number of amides is 1. The lowest BCUT2D eigenvalue weighted by Gasteiger charge is -2.19. The molecule has 0 saturated heterocycles. The molecule has 0 saturated carbocycles. The summed E-state index contributed by atoms with van der Waals surface area (Å²) in [6.07, 6.45) is 0. The quantitative estimate of drug-likeness (QED) is 0.855. The summed E-state index contributed by atoms with van der Waals surface area (Å²) in [6, 6.07) is 15.1. The smallest absolute Gasteiger partial charge is 0.262 e. The molecule has 2 rings (SSSR count). The molecule has 0 aliphatic heterocycles. The number of anilines is 1. The van der Waals surface area contributed by atoms with Crippen molar-refractivity contribution in [1.82, 2.24) is 0 Å². The van der Waals surface area contributed by atoms with E-state index in [9.17, 15) is 4.79 Å². The number of carbonyl (C=O) groups is 1. The van der Waals surface area contributed by atoms with E-state index in [4.69, 9.17) is 9.47 Å². The predicted molar refractivity (Wildman–Crippen MR) is 96.9 cm³/mol. The Bertz CT molecular complexity index is 655. The van der Waals surface area contributed by atoms with Crippen LogP contribution in [0.25, 0.3) is 0 Å². The molecule has 0 spiro atoms. The van der Waals surface area contributed by atoms with Crippen LogP contribution in [0.15, 0.2) is 48.5 Å². The van der Waals surface area contributed by atoms with Crippen molar-refractivity contribution >= 4 is 11.6 Å². The molecule has 0 bridgehead atoms. The van der Waals surface area contributed by atoms with Gasteiger partial charge >= 0.3 is 0 Å². The summed E-state index contributed by atoms with van der Waals surface area (Å²) in [6.45, 7) is 9.00. The normalized spacial score (nSPS) is 11.0. The minimum Gasteiger partial charge on any atom is -0.494 e. The Hall–Kier alpha value is -2.49. The zero-order chi connectivity index (χ0) is 17.6. The van der Waals surface area contributed by atoms with Gasteiger partial charge in [0.25, 0.3) is 5.91 Å². The van der Waals surface area contributed by atoms with E-state index in [1.165, 1.54) is 5.56 Å². The highest BCUT2D eigenvalue weighted by atomic mass is 16.5. The molecule has 0 atom stereocenters. The molecule has 0 heterocycles. The minimum atomic E-state index is -0.195. The maximum Gasteiger partial charge on any atom is 0.262 e. The molecule has 1 N–H and O–H groups in total. The van der Waals surface area contributed by atoms with Crippen molar-refractivity contribution < 1.29 is 14.3 Å². The average Bonchev–Trinajstić information content (AvgIpc) is 2.55. The summed E-state index contributed by atoms with van der Waals surface area (Å²) in [5, 5.41) is 2.80. The second kappa shape index (κ2) is 7.86. The van der Waals surface area contributed by atoms with Gasteiger partial charge in [0.05, 0.1) is 6.61 Å². The third-order valence-corrected chi connectivity index (χ3v) is 3.54. The molecule has 4 heteroatoms. The first-order valence-electron chi connectivity index (χ1n) is 8.14. The molecule has 0 fully saturated rings. The van der Waals surface area contributed by atoms with E-state index in [1.807, 2.05) is 43.3 Å². The third-order valence-electron chi connectivity index (χ3n) is 3.54. The molecule has 0 aromatic heterocycles. The van der Waals surface area contributed by atoms with Crippen LogP contribution in [-0.2, 0) is 10.2 Å². The standard InChI is InChI=1S/C20H25NO3/c1-5-23-17-12-8-16(9-13-17)21-19(22)14-24-18-10-6-15(7-11-18)20(2,3)4/h6-13H,5,14H2,1-4H3,(H,21,22). The average molecular weight is 327 g/mol. The van der Waals surface area contributed by atoms with Gasteiger partial charge in [-0.1, -0.05) is 32.9 Å². The molecule has 0 aliphatic rings. The fourth-order valence-corrected chi connectivity index (χ4v) is 2.20. The van der Waals surface area contributed by atoms with Crippen molar-refractivity contribution in [3.05, 3.63) is 54.1 Å². The molecule has 2 aromatic rings. The number of nitrogens with one attached hydrogen (secondary N) is 1. The summed E-state index contributed by atoms with van der Waals surface area (Å²) in [5.41, 5.74) is 2.05. The van der Waals surface area contributed by atoms with Crippen molar-refractivity contribution in [3.63, 3.8) is 0 Å². The van der Waals surface area contributed by atoms with Gasteiger partial charge in [-0.15, -0.1) is 0 Å². The Balaban J connectivity index is 1.84. The van der Waals surface area contributed by atoms with Gasteiger partial charge in [-0.25, -0.2) is 0 Å². The fourth-order valence-electron chi connectivity index (χ4n) is 2.20. The van der Waals surface area contributed by atoms with Gasteiger partial charge in [-0.2, -0.15) is 0 Å². The van der Waals surface area contributed by atoms with E-state index in [-0.39, 0.29) is 17.9 Å². The van der Waals surface area contributed by atoms with Crippen LogP contribution in [0.1, 0.15) is 33.3 Å². The SMILES string of the molecule is CCOc1ccc(NC(=O)COc2ccc(C(C)(C)C)cc2)cc1. The summed E-state index contributed by atoms with van der Waals surface area (Å²) in [7, 11) is 0. The van der Waals surface area contributed by atoms with Crippen LogP contribution < -0.4 is 14.8 Å². The number of hydrogen-bond donors (Lipinski definition) is 1. The molecule has 0 radical (unpaired) electrons. The second-order valence-electron chi connectivity index (χ2n) is 6.57. The van der Waals surface area contributed by atoms with Crippen LogP contribution in [0.5, 0.6) is 11.5 Å². The van der Waals surface area contributed by atoms with E-state index in [2.05, 4.69) is 26.1 Å². The number of hydrogen-bond acceptors (Lipinski definition) is 3. The van der Waals surface area contributed by atoms with Crippen LogP contribution in [-0.4, -0.2) is 19.1 Å². The molecular weight excluding hydrogens is 302 g/mol. The van der Waals surface area contributed by atoms with Crippen molar-refractivity contribution in [3.8, 4) is 11.5 Å². The molecule has 2 aromatic carbocycles. The van der Waals surface area contributed by atoms with Crippen molar-refractivity contribution in [2.24, 2.45) is 0 Å². The lowest BCUT2D eigenvalue weighted by atomic mass is 9.87. The van der Waals surface area contributed by atoms with E-state index in [0.717, 1.165) is 11.4 Å². The monoisotopic (exact) mass is 327 g/mol. The molecule has 4 nitrogen and oxygen atoms in total. The molecule has 24 heavy (non-hydrogen) atoms. The largest absolute Gasteiger partial charge is 0.494 e. The first-order chi connectivity index (χ1) is 11.4. The van der Waals surface area contributed by atoms with E-state index < -0.39 is 0 Å². The van der Waals surface area contributed by atoms with E-state index >= 15 is 0 Å². The minimum absolute atomic E-state index is 0.0257. The van der Waals surface area contributed by atoms with Crippen molar-refractivity contribution in [2.75, 3.05) is 18.5 Å². The number of rotatable bonds is 6. The summed E-state index contributed by atoms with van der Waals surface area (Å²) in [4.78, 5) is 12.0. The Kier molecular flexibility index (Phi) is 5.85. The van der Waals surface area contributed by atoms with Gasteiger partial charge in [0, 0.05) is 5.69 Å². The second-order valence-corrected chi connectivity index (χ2v) is 6.57. The van der Waals surface area contributed by atoms with Gasteiger partial charge in [-0.3, -0.25) is 4.79 Å². The van der Waals surface area contributed by atoms with Gasteiger partial charge in [0.1, 0.15) is 11.5 Å². The molecule has 1 amide bonds. The summed E-state index contributed by atoms with van der Waals surface area (Å²) >= 11 is 0. The van der Waals surface area contributed by atoms with Crippen LogP contribution >= 0.6 is 0 Å². The molecular formula is C20H25NO3.